The zero-order chi connectivity index (χ0) is 14.9. The zero-order valence-electron chi connectivity index (χ0n) is 11.8. The molecule has 0 unspecified atom stereocenters. The maximum absolute atomic E-state index is 13.2. The largest absolute Gasteiger partial charge is 0.444 e. The topological polar surface area (TPSA) is 62.7 Å². The number of hydrogen-bond donors (Lipinski definition) is 1. The van der Waals surface area contributed by atoms with Crippen LogP contribution in [0.5, 0.6) is 0 Å². The maximum atomic E-state index is 13.2. The minimum atomic E-state index is -0.744. The van der Waals surface area contributed by atoms with Crippen LogP contribution in [0.25, 0.3) is 0 Å². The van der Waals surface area contributed by atoms with Crippen LogP contribution in [0.3, 0.4) is 0 Å². The van der Waals surface area contributed by atoms with Gasteiger partial charge in [-0.25, -0.2) is 9.18 Å². The van der Waals surface area contributed by atoms with Crippen molar-refractivity contribution in [2.24, 2.45) is 0 Å². The quantitative estimate of drug-likeness (QED) is 0.854. The van der Waals surface area contributed by atoms with E-state index in [0.717, 1.165) is 6.20 Å². The van der Waals surface area contributed by atoms with Gasteiger partial charge in [-0.3, -0.25) is 4.98 Å². The fourth-order valence-electron chi connectivity index (χ4n) is 2.22. The third-order valence-electron chi connectivity index (χ3n) is 3.09. The van der Waals surface area contributed by atoms with Crippen LogP contribution >= 0.6 is 0 Å². The molecule has 2 heterocycles. The molecule has 2 rings (SSSR count). The summed E-state index contributed by atoms with van der Waals surface area (Å²) < 4.78 is 18.4. The number of amides is 1. The molecule has 0 spiro atoms. The highest BCUT2D eigenvalue weighted by molar-refractivity contribution is 5.68. The van der Waals surface area contributed by atoms with E-state index >= 15 is 0 Å². The molecule has 1 aliphatic heterocycles. The first-order chi connectivity index (χ1) is 9.26. The molecule has 110 valence electrons. The lowest BCUT2D eigenvalue weighted by Gasteiger charge is -2.24. The van der Waals surface area contributed by atoms with Gasteiger partial charge in [-0.1, -0.05) is 0 Å². The van der Waals surface area contributed by atoms with Crippen LogP contribution in [0.2, 0.25) is 0 Å². The molecule has 0 aliphatic carbocycles. The van der Waals surface area contributed by atoms with Gasteiger partial charge in [0.05, 0.1) is 18.8 Å². The van der Waals surface area contributed by atoms with Crippen LogP contribution in [0, 0.1) is 5.82 Å². The molecule has 1 aromatic heterocycles. The number of carbonyl (C=O) groups excluding carboxylic acids is 1. The average Bonchev–Trinajstić information content (AvgIpc) is 2.69. The van der Waals surface area contributed by atoms with Crippen molar-refractivity contribution in [3.63, 3.8) is 0 Å². The van der Waals surface area contributed by atoms with Gasteiger partial charge in [0.25, 0.3) is 0 Å². The standard InChI is InChI=1S/C14H19FN2O3/c1-14(2,3)20-13(19)17-7-11(12(18)8-17)9-4-10(15)6-16-5-9/h4-6,11-12,18H,7-8H2,1-3H3/t11-,12+/m1/s1. The molecule has 5 nitrogen and oxygen atoms in total. The summed E-state index contributed by atoms with van der Waals surface area (Å²) in [6.07, 6.45) is 1.40. The Labute approximate surface area is 117 Å². The van der Waals surface area contributed by atoms with Crippen LogP contribution in [-0.4, -0.2) is 45.9 Å². The second-order valence-corrected chi connectivity index (χ2v) is 6.00. The van der Waals surface area contributed by atoms with Gasteiger partial charge in [-0.05, 0) is 32.4 Å². The van der Waals surface area contributed by atoms with Gasteiger partial charge < -0.3 is 14.7 Å². The van der Waals surface area contributed by atoms with Crippen molar-refractivity contribution in [3.8, 4) is 0 Å². The van der Waals surface area contributed by atoms with Crippen molar-refractivity contribution in [1.82, 2.24) is 9.88 Å². The summed E-state index contributed by atoms with van der Waals surface area (Å²) >= 11 is 0. The number of hydrogen-bond acceptors (Lipinski definition) is 4. The predicted octanol–water partition coefficient (Wildman–Crippen LogP) is 1.92. The number of rotatable bonds is 1. The van der Waals surface area contributed by atoms with Gasteiger partial charge in [0, 0.05) is 18.7 Å². The monoisotopic (exact) mass is 282 g/mol. The van der Waals surface area contributed by atoms with E-state index in [1.165, 1.54) is 17.2 Å². The van der Waals surface area contributed by atoms with Crippen molar-refractivity contribution >= 4 is 6.09 Å². The maximum Gasteiger partial charge on any atom is 0.410 e. The van der Waals surface area contributed by atoms with Gasteiger partial charge in [0.2, 0.25) is 0 Å². The van der Waals surface area contributed by atoms with E-state index in [1.807, 2.05) is 0 Å². The zero-order valence-corrected chi connectivity index (χ0v) is 11.8. The van der Waals surface area contributed by atoms with E-state index in [9.17, 15) is 14.3 Å². The summed E-state index contributed by atoms with van der Waals surface area (Å²) in [5, 5.41) is 10.1. The molecule has 2 atom stereocenters. The van der Waals surface area contributed by atoms with Crippen LogP contribution < -0.4 is 0 Å². The smallest absolute Gasteiger partial charge is 0.410 e. The number of β-amino-alcohol motifs (C(OH)–C–C–N with tert-alkyl or cyclic N) is 1. The summed E-state index contributed by atoms with van der Waals surface area (Å²) in [6, 6.07) is 1.33. The molecule has 1 aliphatic rings. The lowest BCUT2D eigenvalue weighted by Crippen LogP contribution is -2.35. The Morgan fingerprint density at radius 3 is 2.75 bits per heavy atom. The first-order valence-electron chi connectivity index (χ1n) is 6.53. The minimum absolute atomic E-state index is 0.177. The van der Waals surface area contributed by atoms with Crippen molar-refractivity contribution in [2.45, 2.75) is 38.4 Å². The Bertz CT molecular complexity index is 501. The number of halogens is 1. The Balaban J connectivity index is 2.07. The number of pyridine rings is 1. The highest BCUT2D eigenvalue weighted by Gasteiger charge is 2.37. The Morgan fingerprint density at radius 1 is 1.45 bits per heavy atom. The summed E-state index contributed by atoms with van der Waals surface area (Å²) in [6.45, 7) is 5.82. The Hall–Kier alpha value is -1.69. The van der Waals surface area contributed by atoms with E-state index in [2.05, 4.69) is 4.98 Å². The normalized spacial score (nSPS) is 22.9. The van der Waals surface area contributed by atoms with E-state index in [4.69, 9.17) is 4.74 Å². The molecule has 1 fully saturated rings. The summed E-state index contributed by atoms with van der Waals surface area (Å²) in [5.41, 5.74) is 0.00382. The number of ether oxygens (including phenoxy) is 1. The van der Waals surface area contributed by atoms with Crippen LogP contribution in [-0.2, 0) is 4.74 Å². The number of aromatic nitrogens is 1. The first kappa shape index (κ1) is 14.7. The highest BCUT2D eigenvalue weighted by atomic mass is 19.1. The third-order valence-corrected chi connectivity index (χ3v) is 3.09. The van der Waals surface area contributed by atoms with E-state index < -0.39 is 23.6 Å². The number of aliphatic hydroxyl groups excluding tert-OH is 1. The SMILES string of the molecule is CC(C)(C)OC(=O)N1C[C@H](c2cncc(F)c2)[C@@H](O)C1. The predicted molar refractivity (Wildman–Crippen MR) is 70.7 cm³/mol. The molecule has 0 aromatic carbocycles. The fraction of sp³-hybridized carbons (Fsp3) is 0.571. The van der Waals surface area contributed by atoms with Crippen molar-refractivity contribution in [2.75, 3.05) is 13.1 Å². The first-order valence-corrected chi connectivity index (χ1v) is 6.53. The van der Waals surface area contributed by atoms with Gasteiger partial charge >= 0.3 is 6.09 Å². The molecule has 1 amide bonds. The van der Waals surface area contributed by atoms with Crippen molar-refractivity contribution in [1.29, 1.82) is 0 Å². The Morgan fingerprint density at radius 2 is 2.15 bits per heavy atom. The van der Waals surface area contributed by atoms with Crippen LogP contribution in [0.1, 0.15) is 32.3 Å². The van der Waals surface area contributed by atoms with Gasteiger partial charge in [-0.15, -0.1) is 0 Å². The molecule has 0 bridgehead atoms. The number of nitrogens with zero attached hydrogens (tertiary/aromatic N) is 2. The molecule has 1 aromatic rings. The second-order valence-electron chi connectivity index (χ2n) is 6.00. The highest BCUT2D eigenvalue weighted by Crippen LogP contribution is 2.28. The van der Waals surface area contributed by atoms with Crippen LogP contribution in [0.4, 0.5) is 9.18 Å². The third kappa shape index (κ3) is 3.45. The van der Waals surface area contributed by atoms with Crippen LogP contribution in [0.15, 0.2) is 18.5 Å². The lowest BCUT2D eigenvalue weighted by molar-refractivity contribution is 0.0270. The molecular formula is C14H19FN2O3. The van der Waals surface area contributed by atoms with Crippen molar-refractivity contribution in [3.05, 3.63) is 29.8 Å². The molecule has 1 N–H and O–H groups in total. The average molecular weight is 282 g/mol. The second kappa shape index (κ2) is 5.36. The lowest BCUT2D eigenvalue weighted by atomic mass is 9.98. The van der Waals surface area contributed by atoms with Gasteiger partial charge in [-0.2, -0.15) is 0 Å². The van der Waals surface area contributed by atoms with E-state index in [0.29, 0.717) is 12.1 Å². The number of aliphatic hydroxyl groups is 1. The van der Waals surface area contributed by atoms with Gasteiger partial charge in [0.1, 0.15) is 11.4 Å². The summed E-state index contributed by atoms with van der Waals surface area (Å²) in [4.78, 5) is 17.2. The molecule has 1 saturated heterocycles. The molecule has 0 saturated carbocycles. The summed E-state index contributed by atoms with van der Waals surface area (Å²) in [7, 11) is 0. The fourth-order valence-corrected chi connectivity index (χ4v) is 2.22. The number of carbonyl (C=O) groups is 1. The molecule has 0 radical (unpaired) electrons. The number of likely N-dealkylation sites (tertiary alicyclic amines) is 1. The molecular weight excluding hydrogens is 263 g/mol. The minimum Gasteiger partial charge on any atom is -0.444 e. The van der Waals surface area contributed by atoms with E-state index in [-0.39, 0.29) is 12.5 Å². The van der Waals surface area contributed by atoms with Gasteiger partial charge in [0.15, 0.2) is 0 Å². The molecule has 6 heteroatoms. The van der Waals surface area contributed by atoms with Crippen molar-refractivity contribution < 1.29 is 19.0 Å². The Kier molecular flexibility index (Phi) is 3.94. The molecule has 20 heavy (non-hydrogen) atoms. The van der Waals surface area contributed by atoms with E-state index in [1.54, 1.807) is 20.8 Å². The summed E-state index contributed by atoms with van der Waals surface area (Å²) in [5.74, 6) is -0.795.